The number of ketones is 2. The van der Waals surface area contributed by atoms with E-state index >= 15 is 0 Å². The number of Topliss-reactive ketones (excluding diaryl/α,β-unsaturated/α-hetero) is 2. The molecule has 7 heteroatoms. The van der Waals surface area contributed by atoms with Crippen LogP contribution in [0.2, 0.25) is 0 Å². The van der Waals surface area contributed by atoms with Crippen LogP contribution in [0.4, 0.5) is 0 Å². The maximum atomic E-state index is 14.0. The van der Waals surface area contributed by atoms with E-state index in [0.29, 0.717) is 36.5 Å². The summed E-state index contributed by atoms with van der Waals surface area (Å²) in [4.78, 5) is 27.0. The van der Waals surface area contributed by atoms with Gasteiger partial charge in [0.1, 0.15) is 11.9 Å². The van der Waals surface area contributed by atoms with Crippen molar-refractivity contribution in [2.45, 2.75) is 93.7 Å². The van der Waals surface area contributed by atoms with Crippen LogP contribution in [0, 0.1) is 17.8 Å². The molecule has 0 aromatic heterocycles. The zero-order valence-corrected chi connectivity index (χ0v) is 19.4. The average Bonchev–Trinajstić information content (AvgIpc) is 3.36. The molecule has 5 unspecified atom stereocenters. The van der Waals surface area contributed by atoms with Crippen molar-refractivity contribution >= 4 is 23.2 Å². The van der Waals surface area contributed by atoms with Crippen LogP contribution in [-0.4, -0.2) is 61.2 Å². The Balaban J connectivity index is 1.51. The summed E-state index contributed by atoms with van der Waals surface area (Å²) in [5.74, 6) is 0.187. The van der Waals surface area contributed by atoms with Crippen molar-refractivity contribution in [2.24, 2.45) is 17.8 Å². The van der Waals surface area contributed by atoms with Crippen molar-refractivity contribution in [2.75, 3.05) is 14.2 Å². The fourth-order valence-electron chi connectivity index (χ4n) is 6.74. The van der Waals surface area contributed by atoms with Crippen LogP contribution in [0.25, 0.3) is 0 Å². The van der Waals surface area contributed by atoms with Crippen LogP contribution in [0.3, 0.4) is 0 Å². The number of carbonyl (C=O) groups excluding carboxylic acids is 2. The molecule has 172 valence electrons. The maximum absolute atomic E-state index is 14.0. The van der Waals surface area contributed by atoms with Crippen LogP contribution < -0.4 is 0 Å². The highest BCUT2D eigenvalue weighted by atomic mass is 35.5. The molecule has 1 spiro atoms. The van der Waals surface area contributed by atoms with E-state index in [9.17, 15) is 9.59 Å². The summed E-state index contributed by atoms with van der Waals surface area (Å²) in [6, 6.07) is 0. The van der Waals surface area contributed by atoms with Crippen molar-refractivity contribution in [1.29, 1.82) is 0 Å². The molecule has 5 aliphatic rings. The number of halogens is 1. The summed E-state index contributed by atoms with van der Waals surface area (Å²) in [6.07, 6.45) is 6.17. The van der Waals surface area contributed by atoms with E-state index in [0.717, 1.165) is 12.8 Å². The Hall–Kier alpha value is -0.950. The minimum absolute atomic E-state index is 0.0350. The molecule has 2 saturated carbocycles. The maximum Gasteiger partial charge on any atom is 0.187 e. The molecule has 5 rings (SSSR count). The SMILES string of the molecule is COC1CC(OC)C2C(=O)[C@@]3(OC2C1Cl)C1=C(C[C@@H](C2CCCCC2)O1)C(=O)C[C@H]3C. The van der Waals surface area contributed by atoms with Crippen LogP contribution in [0.15, 0.2) is 11.3 Å². The monoisotopic (exact) mass is 452 g/mol. The van der Waals surface area contributed by atoms with Crippen molar-refractivity contribution in [3.63, 3.8) is 0 Å². The zero-order chi connectivity index (χ0) is 21.9. The Morgan fingerprint density at radius 3 is 2.42 bits per heavy atom. The minimum Gasteiger partial charge on any atom is -0.490 e. The second-order valence-corrected chi connectivity index (χ2v) is 10.5. The van der Waals surface area contributed by atoms with Gasteiger partial charge in [-0.3, -0.25) is 9.59 Å². The summed E-state index contributed by atoms with van der Waals surface area (Å²) in [7, 11) is 3.24. The number of fused-ring (bicyclic) bond motifs is 2. The molecule has 8 atom stereocenters. The molecule has 2 heterocycles. The lowest BCUT2D eigenvalue weighted by Gasteiger charge is -2.39. The number of carbonyl (C=O) groups is 2. The Morgan fingerprint density at radius 2 is 1.74 bits per heavy atom. The molecular weight excluding hydrogens is 420 g/mol. The van der Waals surface area contributed by atoms with Crippen molar-refractivity contribution < 1.29 is 28.5 Å². The molecule has 0 radical (unpaired) electrons. The third-order valence-electron chi connectivity index (χ3n) is 8.47. The fourth-order valence-corrected chi connectivity index (χ4v) is 7.16. The molecule has 3 fully saturated rings. The molecule has 6 nitrogen and oxygen atoms in total. The first-order valence-electron chi connectivity index (χ1n) is 11.8. The molecule has 0 amide bonds. The van der Waals surface area contributed by atoms with E-state index in [1.807, 2.05) is 6.92 Å². The van der Waals surface area contributed by atoms with Crippen LogP contribution in [-0.2, 0) is 28.5 Å². The zero-order valence-electron chi connectivity index (χ0n) is 18.6. The average molecular weight is 453 g/mol. The van der Waals surface area contributed by atoms with E-state index < -0.39 is 23.0 Å². The molecule has 3 aliphatic carbocycles. The predicted molar refractivity (Wildman–Crippen MR) is 114 cm³/mol. The number of rotatable bonds is 3. The van der Waals surface area contributed by atoms with Crippen LogP contribution in [0.1, 0.15) is 58.3 Å². The van der Waals surface area contributed by atoms with Crippen molar-refractivity contribution in [3.05, 3.63) is 11.3 Å². The largest absolute Gasteiger partial charge is 0.490 e. The highest BCUT2D eigenvalue weighted by molar-refractivity contribution is 6.22. The lowest BCUT2D eigenvalue weighted by Crippen LogP contribution is -2.52. The lowest BCUT2D eigenvalue weighted by molar-refractivity contribution is -0.147. The van der Waals surface area contributed by atoms with Crippen LogP contribution >= 0.6 is 11.6 Å². The van der Waals surface area contributed by atoms with Gasteiger partial charge in [0.2, 0.25) is 0 Å². The fraction of sp³-hybridized carbons (Fsp3) is 0.833. The quantitative estimate of drug-likeness (QED) is 0.609. The van der Waals surface area contributed by atoms with Gasteiger partial charge >= 0.3 is 0 Å². The molecule has 1 saturated heterocycles. The van der Waals surface area contributed by atoms with E-state index in [1.54, 1.807) is 14.2 Å². The molecule has 0 bridgehead atoms. The Morgan fingerprint density at radius 1 is 1.03 bits per heavy atom. The highest BCUT2D eigenvalue weighted by Crippen LogP contribution is 2.55. The Bertz CT molecular complexity index is 789. The van der Waals surface area contributed by atoms with Gasteiger partial charge in [0.05, 0.1) is 29.6 Å². The van der Waals surface area contributed by atoms with Gasteiger partial charge in [-0.15, -0.1) is 11.6 Å². The van der Waals surface area contributed by atoms with Gasteiger partial charge < -0.3 is 18.9 Å². The Labute approximate surface area is 188 Å². The topological polar surface area (TPSA) is 71.1 Å². The van der Waals surface area contributed by atoms with E-state index in [1.165, 1.54) is 19.3 Å². The molecule has 0 aromatic rings. The number of hydrogen-bond donors (Lipinski definition) is 0. The van der Waals surface area contributed by atoms with Gasteiger partial charge in [-0.05, 0) is 18.8 Å². The predicted octanol–water partition coefficient (Wildman–Crippen LogP) is 3.58. The lowest BCUT2D eigenvalue weighted by atomic mass is 9.69. The summed E-state index contributed by atoms with van der Waals surface area (Å²) >= 11 is 6.76. The first-order valence-corrected chi connectivity index (χ1v) is 12.2. The van der Waals surface area contributed by atoms with Gasteiger partial charge in [0.25, 0.3) is 0 Å². The van der Waals surface area contributed by atoms with Gasteiger partial charge in [0, 0.05) is 45.0 Å². The van der Waals surface area contributed by atoms with Gasteiger partial charge in [-0.25, -0.2) is 0 Å². The smallest absolute Gasteiger partial charge is 0.187 e. The first-order chi connectivity index (χ1) is 14.9. The van der Waals surface area contributed by atoms with Crippen LogP contribution in [0.5, 0.6) is 0 Å². The second-order valence-electron chi connectivity index (χ2n) is 10.0. The Kier molecular flexibility index (Phi) is 5.73. The third kappa shape index (κ3) is 3.16. The number of ether oxygens (including phenoxy) is 4. The van der Waals surface area contributed by atoms with Gasteiger partial charge in [-0.2, -0.15) is 0 Å². The summed E-state index contributed by atoms with van der Waals surface area (Å²) in [5, 5.41) is -0.464. The normalized spacial score (nSPS) is 45.7. The van der Waals surface area contributed by atoms with Crippen molar-refractivity contribution in [1.82, 2.24) is 0 Å². The molecule has 31 heavy (non-hydrogen) atoms. The molecule has 2 aliphatic heterocycles. The first kappa shape index (κ1) is 21.9. The summed E-state index contributed by atoms with van der Waals surface area (Å²) < 4.78 is 24.4. The molecular formula is C24H33ClO6. The van der Waals surface area contributed by atoms with Gasteiger partial charge in [-0.1, -0.05) is 26.2 Å². The molecule has 0 N–H and O–H groups in total. The van der Waals surface area contributed by atoms with Gasteiger partial charge in [0.15, 0.2) is 17.2 Å². The minimum atomic E-state index is -1.24. The van der Waals surface area contributed by atoms with Crippen molar-refractivity contribution in [3.8, 4) is 0 Å². The highest BCUT2D eigenvalue weighted by Gasteiger charge is 2.68. The second kappa shape index (κ2) is 8.12. The summed E-state index contributed by atoms with van der Waals surface area (Å²) in [6.45, 7) is 1.92. The summed E-state index contributed by atoms with van der Waals surface area (Å²) in [5.41, 5.74) is -0.571. The number of alkyl halides is 1. The number of methoxy groups -OCH3 is 2. The molecule has 0 aromatic carbocycles. The van der Waals surface area contributed by atoms with E-state index in [2.05, 4.69) is 0 Å². The van der Waals surface area contributed by atoms with E-state index in [-0.39, 0.29) is 35.8 Å². The third-order valence-corrected chi connectivity index (χ3v) is 9.00. The standard InChI is InChI=1S/C24H33ClO6/c1-12-9-15(26)14-10-16(13-7-5-4-6-8-13)30-23(14)24(12)22(27)19-17(28-2)11-18(29-3)20(25)21(19)31-24/h12-13,16-21H,4-11H2,1-3H3/t12-,16+,17?,18?,19?,20?,21?,24-/m1/s1. The van der Waals surface area contributed by atoms with E-state index in [4.69, 9.17) is 30.5 Å². The number of hydrogen-bond acceptors (Lipinski definition) is 6.